The minimum Gasteiger partial charge on any atom is -0.164 e. The Balaban J connectivity index is 3.15. The summed E-state index contributed by atoms with van der Waals surface area (Å²) in [5, 5.41) is 0.899. The molecule has 0 spiro atoms. The zero-order chi connectivity index (χ0) is 10.6. The van der Waals surface area contributed by atoms with Gasteiger partial charge in [0.15, 0.2) is 0 Å². The van der Waals surface area contributed by atoms with E-state index in [1.807, 2.05) is 23.5 Å². The van der Waals surface area contributed by atoms with Gasteiger partial charge in [-0.05, 0) is 18.9 Å². The lowest BCUT2D eigenvalue weighted by molar-refractivity contribution is 0.590. The largest absolute Gasteiger partial charge is 0.164 e. The molecule has 0 amide bonds. The summed E-state index contributed by atoms with van der Waals surface area (Å²) in [7, 11) is 0. The van der Waals surface area contributed by atoms with Crippen molar-refractivity contribution in [1.82, 2.24) is 0 Å². The van der Waals surface area contributed by atoms with Crippen LogP contribution in [0.3, 0.4) is 0 Å². The molecule has 0 bridgehead atoms. The van der Waals surface area contributed by atoms with E-state index in [1.54, 1.807) is 0 Å². The summed E-state index contributed by atoms with van der Waals surface area (Å²) < 4.78 is 0. The van der Waals surface area contributed by atoms with Crippen LogP contribution in [0.25, 0.3) is 0 Å². The number of thioether (sulfide) groups is 2. The molecule has 1 unspecified atom stereocenters. The van der Waals surface area contributed by atoms with Crippen LogP contribution in [0.5, 0.6) is 0 Å². The van der Waals surface area contributed by atoms with E-state index in [-0.39, 0.29) is 0 Å². The van der Waals surface area contributed by atoms with Crippen molar-refractivity contribution in [2.24, 2.45) is 0 Å². The lowest BCUT2D eigenvalue weighted by atomic mass is 10.1. The molecule has 0 aromatic heterocycles. The molecule has 0 radical (unpaired) electrons. The molecule has 1 atom stereocenters. The maximum atomic E-state index is 2.28. The van der Waals surface area contributed by atoms with Crippen molar-refractivity contribution in [2.75, 3.05) is 18.3 Å². The normalized spacial score (nSPS) is 13.1. The van der Waals surface area contributed by atoms with Crippen LogP contribution in [0.15, 0.2) is 0 Å². The zero-order valence-corrected chi connectivity index (χ0v) is 11.7. The lowest BCUT2D eigenvalue weighted by Crippen LogP contribution is -2.04. The van der Waals surface area contributed by atoms with E-state index >= 15 is 0 Å². The Hall–Kier alpha value is 0.700. The molecule has 0 aromatic carbocycles. The number of hydrogen-bond acceptors (Lipinski definition) is 2. The fourth-order valence-electron chi connectivity index (χ4n) is 1.61. The molecule has 0 aliphatic heterocycles. The first-order chi connectivity index (χ1) is 6.85. The van der Waals surface area contributed by atoms with E-state index in [0.29, 0.717) is 0 Å². The molecule has 86 valence electrons. The fraction of sp³-hybridized carbons (Fsp3) is 1.00. The molecule has 0 fully saturated rings. The Morgan fingerprint density at radius 3 is 2.14 bits per heavy atom. The Labute approximate surface area is 99.0 Å². The summed E-state index contributed by atoms with van der Waals surface area (Å²) >= 11 is 4.03. The SMILES string of the molecule is CCCCCCCCC(CSC)SC. The van der Waals surface area contributed by atoms with Gasteiger partial charge in [0.1, 0.15) is 0 Å². The Morgan fingerprint density at radius 1 is 0.929 bits per heavy atom. The maximum Gasteiger partial charge on any atom is 0.0135 e. The summed E-state index contributed by atoms with van der Waals surface area (Å²) in [6.45, 7) is 2.28. The van der Waals surface area contributed by atoms with E-state index in [9.17, 15) is 0 Å². The van der Waals surface area contributed by atoms with Gasteiger partial charge in [0.2, 0.25) is 0 Å². The number of hydrogen-bond donors (Lipinski definition) is 0. The Morgan fingerprint density at radius 2 is 1.57 bits per heavy atom. The quantitative estimate of drug-likeness (QED) is 0.497. The van der Waals surface area contributed by atoms with Gasteiger partial charge >= 0.3 is 0 Å². The van der Waals surface area contributed by atoms with Crippen LogP contribution in [0.1, 0.15) is 51.9 Å². The molecule has 14 heavy (non-hydrogen) atoms. The first-order valence-corrected chi connectivity index (χ1v) is 8.55. The van der Waals surface area contributed by atoms with Gasteiger partial charge in [-0.3, -0.25) is 0 Å². The summed E-state index contributed by atoms with van der Waals surface area (Å²) in [5.41, 5.74) is 0. The standard InChI is InChI=1S/C12H26S2/c1-4-5-6-7-8-9-10-12(14-3)11-13-2/h12H,4-11H2,1-3H3. The van der Waals surface area contributed by atoms with E-state index in [4.69, 9.17) is 0 Å². The Bertz CT molecular complexity index is 104. The zero-order valence-electron chi connectivity index (χ0n) is 10.1. The monoisotopic (exact) mass is 234 g/mol. The van der Waals surface area contributed by atoms with Crippen LogP contribution in [0.4, 0.5) is 0 Å². The Kier molecular flexibility index (Phi) is 12.4. The third-order valence-electron chi connectivity index (χ3n) is 2.57. The van der Waals surface area contributed by atoms with Gasteiger partial charge in [0.25, 0.3) is 0 Å². The molecule has 0 saturated carbocycles. The van der Waals surface area contributed by atoms with Gasteiger partial charge in [0.05, 0.1) is 0 Å². The van der Waals surface area contributed by atoms with Gasteiger partial charge in [-0.15, -0.1) is 0 Å². The highest BCUT2D eigenvalue weighted by atomic mass is 32.2. The highest BCUT2D eigenvalue weighted by Gasteiger charge is 2.04. The molecule has 0 aliphatic rings. The van der Waals surface area contributed by atoms with Gasteiger partial charge < -0.3 is 0 Å². The second kappa shape index (κ2) is 11.8. The van der Waals surface area contributed by atoms with E-state index in [0.717, 1.165) is 5.25 Å². The third-order valence-corrected chi connectivity index (χ3v) is 4.58. The van der Waals surface area contributed by atoms with E-state index in [2.05, 4.69) is 19.4 Å². The second-order valence-electron chi connectivity index (χ2n) is 3.87. The summed E-state index contributed by atoms with van der Waals surface area (Å²) in [4.78, 5) is 0. The van der Waals surface area contributed by atoms with Crippen molar-refractivity contribution in [3.05, 3.63) is 0 Å². The molecule has 0 heterocycles. The van der Waals surface area contributed by atoms with Gasteiger partial charge in [-0.1, -0.05) is 45.4 Å². The predicted octanol–water partition coefficient (Wildman–Crippen LogP) is 4.83. The lowest BCUT2D eigenvalue weighted by Gasteiger charge is -2.12. The van der Waals surface area contributed by atoms with Gasteiger partial charge in [0, 0.05) is 11.0 Å². The van der Waals surface area contributed by atoms with Crippen molar-refractivity contribution in [1.29, 1.82) is 0 Å². The number of rotatable bonds is 10. The highest BCUT2D eigenvalue weighted by Crippen LogP contribution is 2.19. The van der Waals surface area contributed by atoms with Crippen molar-refractivity contribution in [2.45, 2.75) is 57.1 Å². The summed E-state index contributed by atoms with van der Waals surface area (Å²) in [5.74, 6) is 1.33. The first kappa shape index (κ1) is 14.7. The molecular weight excluding hydrogens is 208 g/mol. The second-order valence-corrected chi connectivity index (χ2v) is 5.92. The van der Waals surface area contributed by atoms with Gasteiger partial charge in [-0.2, -0.15) is 23.5 Å². The third kappa shape index (κ3) is 9.26. The van der Waals surface area contributed by atoms with Crippen LogP contribution in [0, 0.1) is 0 Å². The molecule has 0 nitrogen and oxygen atoms in total. The summed E-state index contributed by atoms with van der Waals surface area (Å²) in [6, 6.07) is 0. The van der Waals surface area contributed by atoms with Crippen LogP contribution in [0.2, 0.25) is 0 Å². The van der Waals surface area contributed by atoms with E-state index < -0.39 is 0 Å². The van der Waals surface area contributed by atoms with Crippen LogP contribution in [-0.2, 0) is 0 Å². The fourth-order valence-corrected chi connectivity index (χ4v) is 3.50. The molecule has 0 aliphatic carbocycles. The van der Waals surface area contributed by atoms with Crippen molar-refractivity contribution in [3.8, 4) is 0 Å². The van der Waals surface area contributed by atoms with Crippen LogP contribution in [-0.4, -0.2) is 23.5 Å². The molecule has 0 saturated heterocycles. The van der Waals surface area contributed by atoms with Crippen LogP contribution < -0.4 is 0 Å². The average molecular weight is 234 g/mol. The molecule has 0 aromatic rings. The van der Waals surface area contributed by atoms with E-state index in [1.165, 1.54) is 50.7 Å². The minimum atomic E-state index is 0.899. The van der Waals surface area contributed by atoms with Crippen LogP contribution >= 0.6 is 23.5 Å². The smallest absolute Gasteiger partial charge is 0.0135 e. The number of unbranched alkanes of at least 4 members (excludes halogenated alkanes) is 5. The predicted molar refractivity (Wildman–Crippen MR) is 73.7 cm³/mol. The molecule has 0 N–H and O–H groups in total. The van der Waals surface area contributed by atoms with Crippen molar-refractivity contribution < 1.29 is 0 Å². The van der Waals surface area contributed by atoms with Crippen molar-refractivity contribution >= 4 is 23.5 Å². The molecule has 0 rings (SSSR count). The van der Waals surface area contributed by atoms with Gasteiger partial charge in [-0.25, -0.2) is 0 Å². The first-order valence-electron chi connectivity index (χ1n) is 5.86. The summed E-state index contributed by atoms with van der Waals surface area (Å²) in [6.07, 6.45) is 14.5. The topological polar surface area (TPSA) is 0 Å². The molecule has 2 heteroatoms. The average Bonchev–Trinajstić information content (AvgIpc) is 2.21. The molecular formula is C12H26S2. The maximum absolute atomic E-state index is 2.28. The highest BCUT2D eigenvalue weighted by molar-refractivity contribution is 8.02. The van der Waals surface area contributed by atoms with Crippen molar-refractivity contribution in [3.63, 3.8) is 0 Å². The minimum absolute atomic E-state index is 0.899.